The molecule has 33 heavy (non-hydrogen) atoms. The summed E-state index contributed by atoms with van der Waals surface area (Å²) in [4.78, 5) is 39.5. The number of benzene rings is 2. The molecule has 0 fully saturated rings. The van der Waals surface area contributed by atoms with Gasteiger partial charge in [-0.3, -0.25) is 14.4 Å². The van der Waals surface area contributed by atoms with Gasteiger partial charge in [-0.25, -0.2) is 0 Å². The van der Waals surface area contributed by atoms with Crippen molar-refractivity contribution in [3.8, 4) is 0 Å². The van der Waals surface area contributed by atoms with Crippen LogP contribution < -0.4 is 16.0 Å². The Hall–Kier alpha value is -3.35. The molecule has 2 aromatic carbocycles. The summed E-state index contributed by atoms with van der Waals surface area (Å²) in [7, 11) is 0. The lowest BCUT2D eigenvalue weighted by atomic mass is 10.1. The van der Waals surface area contributed by atoms with Crippen LogP contribution in [-0.4, -0.2) is 47.8 Å². The molecule has 0 heterocycles. The molecule has 0 spiro atoms. The van der Waals surface area contributed by atoms with Gasteiger partial charge in [-0.1, -0.05) is 26.0 Å². The van der Waals surface area contributed by atoms with Crippen molar-refractivity contribution < 1.29 is 14.4 Å². The van der Waals surface area contributed by atoms with E-state index in [0.29, 0.717) is 22.5 Å². The highest BCUT2D eigenvalue weighted by atomic mass is 16.2. The van der Waals surface area contributed by atoms with E-state index < -0.39 is 0 Å². The van der Waals surface area contributed by atoms with Crippen molar-refractivity contribution in [3.63, 3.8) is 0 Å². The van der Waals surface area contributed by atoms with E-state index in [2.05, 4.69) is 29.8 Å². The summed E-state index contributed by atoms with van der Waals surface area (Å²) in [6.45, 7) is 11.3. The van der Waals surface area contributed by atoms with Gasteiger partial charge in [0, 0.05) is 41.1 Å². The Morgan fingerprint density at radius 1 is 0.848 bits per heavy atom. The van der Waals surface area contributed by atoms with Gasteiger partial charge in [0.2, 0.25) is 5.91 Å². The fourth-order valence-corrected chi connectivity index (χ4v) is 3.34. The van der Waals surface area contributed by atoms with E-state index in [0.717, 1.165) is 25.9 Å². The van der Waals surface area contributed by atoms with E-state index >= 15 is 0 Å². The van der Waals surface area contributed by atoms with Crippen LogP contribution in [0.3, 0.4) is 0 Å². The third kappa shape index (κ3) is 8.60. The highest BCUT2D eigenvalue weighted by Crippen LogP contribution is 2.15. The summed E-state index contributed by atoms with van der Waals surface area (Å²) in [6.07, 6.45) is 1.81. The van der Waals surface area contributed by atoms with Gasteiger partial charge in [-0.05, 0) is 70.0 Å². The predicted octanol–water partition coefficient (Wildman–Crippen LogP) is 4.53. The monoisotopic (exact) mass is 452 g/mol. The van der Waals surface area contributed by atoms with Gasteiger partial charge < -0.3 is 20.9 Å². The summed E-state index contributed by atoms with van der Waals surface area (Å²) in [5.41, 5.74) is 1.97. The average Bonchev–Trinajstić information content (AvgIpc) is 2.76. The maximum Gasteiger partial charge on any atom is 0.253 e. The smallest absolute Gasteiger partial charge is 0.253 e. The number of hydrogen-bond acceptors (Lipinski definition) is 4. The normalized spacial score (nSPS) is 10.9. The molecule has 0 atom stereocenters. The van der Waals surface area contributed by atoms with Crippen LogP contribution in [0, 0.1) is 0 Å². The van der Waals surface area contributed by atoms with Gasteiger partial charge in [0.25, 0.3) is 11.8 Å². The number of nitrogens with zero attached hydrogens (tertiary/aromatic N) is 1. The lowest BCUT2D eigenvalue weighted by Crippen LogP contribution is -2.40. The molecule has 0 aliphatic rings. The maximum absolute atomic E-state index is 12.8. The number of rotatable bonds is 10. The second kappa shape index (κ2) is 12.0. The van der Waals surface area contributed by atoms with Crippen LogP contribution in [0.1, 0.15) is 68.2 Å². The minimum absolute atomic E-state index is 0.00264. The molecule has 178 valence electrons. The molecule has 3 amide bonds. The first-order valence-corrected chi connectivity index (χ1v) is 11.5. The minimum atomic E-state index is -0.347. The Labute approximate surface area is 196 Å². The Bertz CT molecular complexity index is 960. The molecule has 0 saturated heterocycles. The largest absolute Gasteiger partial charge is 0.376 e. The van der Waals surface area contributed by atoms with Crippen LogP contribution in [0.15, 0.2) is 48.5 Å². The van der Waals surface area contributed by atoms with E-state index in [-0.39, 0.29) is 29.8 Å². The van der Waals surface area contributed by atoms with Crippen molar-refractivity contribution in [2.24, 2.45) is 0 Å². The summed E-state index contributed by atoms with van der Waals surface area (Å²) < 4.78 is 0. The number of anilines is 2. The lowest BCUT2D eigenvalue weighted by Gasteiger charge is -2.21. The van der Waals surface area contributed by atoms with E-state index in [4.69, 9.17) is 0 Å². The van der Waals surface area contributed by atoms with Gasteiger partial charge >= 0.3 is 0 Å². The summed E-state index contributed by atoms with van der Waals surface area (Å²) in [5, 5.41) is 8.78. The van der Waals surface area contributed by atoms with Gasteiger partial charge in [0.15, 0.2) is 0 Å². The van der Waals surface area contributed by atoms with E-state index in [1.54, 1.807) is 42.5 Å². The fraction of sp³-hybridized carbons (Fsp3) is 0.423. The topological polar surface area (TPSA) is 90.5 Å². The quantitative estimate of drug-likeness (QED) is 0.494. The molecule has 0 saturated carbocycles. The van der Waals surface area contributed by atoms with Gasteiger partial charge in [0.1, 0.15) is 0 Å². The number of carbonyl (C=O) groups is 3. The number of hydrogen-bond donors (Lipinski definition) is 3. The molecule has 0 radical (unpaired) electrons. The van der Waals surface area contributed by atoms with Crippen molar-refractivity contribution in [1.82, 2.24) is 10.2 Å². The van der Waals surface area contributed by atoms with E-state index in [1.165, 1.54) is 0 Å². The van der Waals surface area contributed by atoms with E-state index in [1.807, 2.05) is 31.7 Å². The molecule has 7 heteroatoms. The third-order valence-electron chi connectivity index (χ3n) is 4.73. The number of amides is 3. The molecular formula is C26H36N4O3. The number of carbonyl (C=O) groups excluding carboxylic acids is 3. The first-order valence-electron chi connectivity index (χ1n) is 11.5. The molecule has 0 aliphatic carbocycles. The first kappa shape index (κ1) is 25.9. The van der Waals surface area contributed by atoms with Crippen LogP contribution in [-0.2, 0) is 4.79 Å². The minimum Gasteiger partial charge on any atom is -0.376 e. The highest BCUT2D eigenvalue weighted by Gasteiger charge is 2.16. The summed E-state index contributed by atoms with van der Waals surface area (Å²) >= 11 is 0. The molecule has 0 aromatic heterocycles. The molecule has 3 N–H and O–H groups in total. The van der Waals surface area contributed by atoms with Crippen LogP contribution in [0.4, 0.5) is 11.4 Å². The second-order valence-electron chi connectivity index (χ2n) is 9.06. The zero-order chi connectivity index (χ0) is 24.4. The van der Waals surface area contributed by atoms with Crippen molar-refractivity contribution in [2.45, 2.75) is 53.0 Å². The maximum atomic E-state index is 12.8. The van der Waals surface area contributed by atoms with Crippen molar-refractivity contribution in [3.05, 3.63) is 59.7 Å². The van der Waals surface area contributed by atoms with Gasteiger partial charge in [-0.15, -0.1) is 0 Å². The van der Waals surface area contributed by atoms with Crippen LogP contribution in [0.5, 0.6) is 0 Å². The van der Waals surface area contributed by atoms with Gasteiger partial charge in [0.05, 0.1) is 6.54 Å². The zero-order valence-corrected chi connectivity index (χ0v) is 20.3. The molecule has 2 aromatic rings. The van der Waals surface area contributed by atoms with E-state index in [9.17, 15) is 14.4 Å². The van der Waals surface area contributed by atoms with Crippen LogP contribution in [0.25, 0.3) is 0 Å². The Balaban J connectivity index is 1.98. The zero-order valence-electron chi connectivity index (χ0n) is 20.3. The lowest BCUT2D eigenvalue weighted by molar-refractivity contribution is -0.114. The van der Waals surface area contributed by atoms with Crippen molar-refractivity contribution in [1.29, 1.82) is 0 Å². The summed E-state index contributed by atoms with van der Waals surface area (Å²) in [5.74, 6) is -0.450. The molecule has 0 aliphatic heterocycles. The highest BCUT2D eigenvalue weighted by molar-refractivity contribution is 5.98. The number of nitrogens with one attached hydrogen (secondary N) is 3. The standard InChI is InChI=1S/C26H36N4O3/c1-6-14-30(15-7-2)25(33)20-11-9-12-21(17-20)27-18-23(31)28-22-13-8-10-19(16-22)24(32)29-26(3,4)5/h8-13,16-17,27H,6-7,14-15,18H2,1-5H3,(H,28,31)(H,29,32). The second-order valence-corrected chi connectivity index (χ2v) is 9.06. The first-order chi connectivity index (χ1) is 15.6. The summed E-state index contributed by atoms with van der Waals surface area (Å²) in [6, 6.07) is 14.0. The SMILES string of the molecule is CCCN(CCC)C(=O)c1cccc(NCC(=O)Nc2cccc(C(=O)NC(C)(C)C)c2)c1. The Morgan fingerprint density at radius 2 is 1.42 bits per heavy atom. The molecule has 2 rings (SSSR count). The van der Waals surface area contributed by atoms with Gasteiger partial charge in [-0.2, -0.15) is 0 Å². The Morgan fingerprint density at radius 3 is 2.03 bits per heavy atom. The van der Waals surface area contributed by atoms with Crippen molar-refractivity contribution in [2.75, 3.05) is 30.3 Å². The predicted molar refractivity (Wildman–Crippen MR) is 134 cm³/mol. The molecular weight excluding hydrogens is 416 g/mol. The van der Waals surface area contributed by atoms with Crippen LogP contribution >= 0.6 is 0 Å². The van der Waals surface area contributed by atoms with Crippen LogP contribution in [0.2, 0.25) is 0 Å². The molecule has 7 nitrogen and oxygen atoms in total. The third-order valence-corrected chi connectivity index (χ3v) is 4.73. The average molecular weight is 453 g/mol. The molecule has 0 bridgehead atoms. The fourth-order valence-electron chi connectivity index (χ4n) is 3.34. The Kier molecular flexibility index (Phi) is 9.45. The van der Waals surface area contributed by atoms with Crippen molar-refractivity contribution >= 4 is 29.1 Å². The molecule has 0 unspecified atom stereocenters.